The maximum atomic E-state index is 12.7. The first-order chi connectivity index (χ1) is 12.8. The maximum absolute atomic E-state index is 12.7. The zero-order valence-corrected chi connectivity index (χ0v) is 15.5. The number of ether oxygens (including phenoxy) is 1. The summed E-state index contributed by atoms with van der Waals surface area (Å²) in [6.45, 7) is 0.954. The first-order valence-electron chi connectivity index (χ1n) is 9.75. The minimum Gasteiger partial charge on any atom is -0.493 e. The van der Waals surface area contributed by atoms with Gasteiger partial charge in [-0.1, -0.05) is 81.0 Å². The van der Waals surface area contributed by atoms with Crippen LogP contribution in [0.15, 0.2) is 54.6 Å². The second-order valence-electron chi connectivity index (χ2n) is 6.59. The number of carbonyl (C=O) groups excluding carboxylic acids is 1. The van der Waals surface area contributed by atoms with E-state index in [1.165, 1.54) is 25.7 Å². The summed E-state index contributed by atoms with van der Waals surface area (Å²) in [5.41, 5.74) is 1.31. The molecule has 140 valence electrons. The van der Waals surface area contributed by atoms with Gasteiger partial charge in [-0.3, -0.25) is 4.79 Å². The molecule has 0 bridgehead atoms. The van der Waals surface area contributed by atoms with Crippen LogP contribution in [-0.2, 0) is 0 Å². The smallest absolute Gasteiger partial charge is 0.196 e. The van der Waals surface area contributed by atoms with Crippen LogP contribution in [0.2, 0.25) is 0 Å². The molecule has 3 heteroatoms. The van der Waals surface area contributed by atoms with Crippen molar-refractivity contribution in [1.29, 1.82) is 0 Å². The number of carbonyl (C=O) groups is 1. The maximum Gasteiger partial charge on any atom is 0.196 e. The Kier molecular flexibility index (Phi) is 9.52. The Balaban J connectivity index is 1.71. The van der Waals surface area contributed by atoms with Crippen LogP contribution in [0.4, 0.5) is 0 Å². The molecule has 0 spiro atoms. The Morgan fingerprint density at radius 1 is 0.731 bits per heavy atom. The van der Waals surface area contributed by atoms with Gasteiger partial charge in [-0.2, -0.15) is 0 Å². The molecule has 2 aromatic rings. The van der Waals surface area contributed by atoms with Crippen molar-refractivity contribution >= 4 is 5.78 Å². The Morgan fingerprint density at radius 2 is 1.31 bits per heavy atom. The lowest BCUT2D eigenvalue weighted by Gasteiger charge is -2.11. The number of hydrogen-bond acceptors (Lipinski definition) is 3. The second-order valence-corrected chi connectivity index (χ2v) is 6.59. The van der Waals surface area contributed by atoms with Gasteiger partial charge < -0.3 is 9.84 Å². The Morgan fingerprint density at radius 3 is 2.00 bits per heavy atom. The largest absolute Gasteiger partial charge is 0.493 e. The highest BCUT2D eigenvalue weighted by molar-refractivity contribution is 6.10. The predicted octanol–water partition coefficient (Wildman–Crippen LogP) is 5.41. The monoisotopic (exact) mass is 354 g/mol. The fourth-order valence-electron chi connectivity index (χ4n) is 2.98. The highest BCUT2D eigenvalue weighted by atomic mass is 16.5. The van der Waals surface area contributed by atoms with Gasteiger partial charge in [-0.15, -0.1) is 0 Å². The summed E-state index contributed by atoms with van der Waals surface area (Å²) in [6, 6.07) is 16.8. The highest BCUT2D eigenvalue weighted by Gasteiger charge is 2.13. The lowest BCUT2D eigenvalue weighted by molar-refractivity contribution is 0.103. The van der Waals surface area contributed by atoms with Crippen LogP contribution in [0.1, 0.15) is 67.3 Å². The molecule has 1 N–H and O–H groups in total. The van der Waals surface area contributed by atoms with Gasteiger partial charge in [0.15, 0.2) is 5.78 Å². The molecule has 0 aliphatic heterocycles. The summed E-state index contributed by atoms with van der Waals surface area (Å²) in [6.07, 6.45) is 9.13. The highest BCUT2D eigenvalue weighted by Crippen LogP contribution is 2.22. The third-order valence-electron chi connectivity index (χ3n) is 4.48. The molecule has 0 amide bonds. The van der Waals surface area contributed by atoms with Crippen LogP contribution < -0.4 is 4.74 Å². The van der Waals surface area contributed by atoms with Gasteiger partial charge in [0.1, 0.15) is 5.75 Å². The number of unbranched alkanes of at least 4 members (excludes halogenated alkanes) is 7. The zero-order valence-electron chi connectivity index (χ0n) is 15.5. The molecule has 0 aliphatic carbocycles. The number of rotatable bonds is 13. The number of ketones is 1. The summed E-state index contributed by atoms with van der Waals surface area (Å²) in [5.74, 6) is 0.675. The molecule has 0 aliphatic rings. The minimum absolute atomic E-state index is 0.00378. The van der Waals surface area contributed by atoms with E-state index in [2.05, 4.69) is 0 Å². The van der Waals surface area contributed by atoms with Crippen LogP contribution in [0.25, 0.3) is 0 Å². The number of para-hydroxylation sites is 1. The van der Waals surface area contributed by atoms with Gasteiger partial charge in [-0.25, -0.2) is 0 Å². The van der Waals surface area contributed by atoms with E-state index in [9.17, 15) is 4.79 Å². The van der Waals surface area contributed by atoms with E-state index in [1.807, 2.05) is 54.6 Å². The van der Waals surface area contributed by atoms with Crippen LogP contribution in [0, 0.1) is 0 Å². The normalized spacial score (nSPS) is 10.7. The van der Waals surface area contributed by atoms with E-state index in [0.29, 0.717) is 30.1 Å². The molecular formula is C23H30O3. The van der Waals surface area contributed by atoms with E-state index >= 15 is 0 Å². The fourth-order valence-corrected chi connectivity index (χ4v) is 2.98. The summed E-state index contributed by atoms with van der Waals surface area (Å²) < 4.78 is 5.89. The molecule has 0 heterocycles. The van der Waals surface area contributed by atoms with Crippen LogP contribution in [0.3, 0.4) is 0 Å². The molecule has 0 aromatic heterocycles. The van der Waals surface area contributed by atoms with Gasteiger partial charge in [0, 0.05) is 12.2 Å². The average Bonchev–Trinajstić information content (AvgIpc) is 2.70. The van der Waals surface area contributed by atoms with E-state index in [-0.39, 0.29) is 5.78 Å². The van der Waals surface area contributed by atoms with Crippen molar-refractivity contribution in [2.75, 3.05) is 13.2 Å². The molecule has 0 saturated carbocycles. The molecule has 26 heavy (non-hydrogen) atoms. The SMILES string of the molecule is O=C(c1ccccc1)c1ccccc1OCCCCCCCCCCO. The predicted molar refractivity (Wildman–Crippen MR) is 106 cm³/mol. The van der Waals surface area contributed by atoms with Crippen LogP contribution >= 0.6 is 0 Å². The molecule has 0 fully saturated rings. The lowest BCUT2D eigenvalue weighted by Crippen LogP contribution is -2.06. The summed E-state index contributed by atoms with van der Waals surface area (Å²) in [7, 11) is 0. The van der Waals surface area contributed by atoms with Gasteiger partial charge >= 0.3 is 0 Å². The van der Waals surface area contributed by atoms with Crippen molar-refractivity contribution in [2.45, 2.75) is 51.4 Å². The van der Waals surface area contributed by atoms with Crippen molar-refractivity contribution < 1.29 is 14.6 Å². The average molecular weight is 354 g/mol. The second kappa shape index (κ2) is 12.3. The van der Waals surface area contributed by atoms with Gasteiger partial charge in [0.05, 0.1) is 12.2 Å². The summed E-state index contributed by atoms with van der Waals surface area (Å²) >= 11 is 0. The van der Waals surface area contributed by atoms with Crippen molar-refractivity contribution in [3.05, 3.63) is 65.7 Å². The topological polar surface area (TPSA) is 46.5 Å². The molecule has 0 saturated heterocycles. The van der Waals surface area contributed by atoms with E-state index in [0.717, 1.165) is 25.7 Å². The Labute approximate surface area is 157 Å². The Bertz CT molecular complexity index is 637. The first-order valence-corrected chi connectivity index (χ1v) is 9.75. The van der Waals surface area contributed by atoms with E-state index < -0.39 is 0 Å². The van der Waals surface area contributed by atoms with Crippen molar-refractivity contribution in [3.8, 4) is 5.75 Å². The summed E-state index contributed by atoms with van der Waals surface area (Å²) in [5, 5.41) is 8.74. The number of aliphatic hydroxyl groups is 1. The number of benzene rings is 2. The molecule has 0 unspecified atom stereocenters. The number of aliphatic hydroxyl groups excluding tert-OH is 1. The van der Waals surface area contributed by atoms with Crippen molar-refractivity contribution in [1.82, 2.24) is 0 Å². The zero-order chi connectivity index (χ0) is 18.5. The lowest BCUT2D eigenvalue weighted by atomic mass is 10.0. The Hall–Kier alpha value is -2.13. The molecule has 2 rings (SSSR count). The van der Waals surface area contributed by atoms with Crippen molar-refractivity contribution in [3.63, 3.8) is 0 Å². The van der Waals surface area contributed by atoms with E-state index in [4.69, 9.17) is 9.84 Å². The molecule has 3 nitrogen and oxygen atoms in total. The third kappa shape index (κ3) is 7.01. The first kappa shape index (κ1) is 20.2. The van der Waals surface area contributed by atoms with Crippen LogP contribution in [-0.4, -0.2) is 24.1 Å². The molecular weight excluding hydrogens is 324 g/mol. The van der Waals surface area contributed by atoms with Gasteiger partial charge in [0.2, 0.25) is 0 Å². The third-order valence-corrected chi connectivity index (χ3v) is 4.48. The number of hydrogen-bond donors (Lipinski definition) is 1. The molecule has 0 atom stereocenters. The standard InChI is InChI=1S/C23H30O3/c24-18-12-5-3-1-2-4-6-13-19-26-22-17-11-10-16-21(22)23(25)20-14-8-7-9-15-20/h7-11,14-17,24H,1-6,12-13,18-19H2. The molecule has 2 aromatic carbocycles. The van der Waals surface area contributed by atoms with Gasteiger partial charge in [-0.05, 0) is 25.0 Å². The van der Waals surface area contributed by atoms with Crippen molar-refractivity contribution in [2.24, 2.45) is 0 Å². The molecule has 0 radical (unpaired) electrons. The van der Waals surface area contributed by atoms with Crippen LogP contribution in [0.5, 0.6) is 5.75 Å². The van der Waals surface area contributed by atoms with Gasteiger partial charge in [0.25, 0.3) is 0 Å². The quantitative estimate of drug-likeness (QED) is 0.386. The minimum atomic E-state index is 0.00378. The summed E-state index contributed by atoms with van der Waals surface area (Å²) in [4.78, 5) is 12.7. The fraction of sp³-hybridized carbons (Fsp3) is 0.435. The van der Waals surface area contributed by atoms with E-state index in [1.54, 1.807) is 0 Å².